The molecule has 2 aliphatic rings. The Bertz CT molecular complexity index is 1390. The van der Waals surface area contributed by atoms with Crippen LogP contribution in [-0.4, -0.2) is 20.5 Å². The maximum absolute atomic E-state index is 14.0. The summed E-state index contributed by atoms with van der Waals surface area (Å²) in [4.78, 5) is 22.3. The Morgan fingerprint density at radius 2 is 1.70 bits per heavy atom. The van der Waals surface area contributed by atoms with Crippen LogP contribution < -0.4 is 5.32 Å². The number of non-ortho nitro benzene ring substituents is 1. The average Bonchev–Trinajstić information content (AvgIpc) is 3.18. The van der Waals surface area contributed by atoms with E-state index in [-0.39, 0.29) is 28.2 Å². The third kappa shape index (κ3) is 4.61. The molecule has 0 spiro atoms. The van der Waals surface area contributed by atoms with Gasteiger partial charge in [-0.3, -0.25) is 20.2 Å². The third-order valence-corrected chi connectivity index (χ3v) is 9.05. The lowest BCUT2D eigenvalue weighted by atomic mass is 9.76. The predicted molar refractivity (Wildman–Crippen MR) is 134 cm³/mol. The molecule has 0 amide bonds. The van der Waals surface area contributed by atoms with Gasteiger partial charge in [0.15, 0.2) is 0 Å². The minimum atomic E-state index is -4.63. The van der Waals surface area contributed by atoms with Gasteiger partial charge in [-0.1, -0.05) is 36.4 Å². The van der Waals surface area contributed by atoms with Crippen LogP contribution in [0.15, 0.2) is 71.6 Å². The standard InChI is InChI=1S/C25H19ClF3N3O4S/c26-22-20(37-19-10-2-1-9-18(19)32(35)36)12-16-21(22)15-7-4-8-17(25(27,28)29)24(15)30-23(16)13-5-3-6-14(11-13)31(33)34/h1-11,16,20-23,30H,12H2/t16-,20+,21-,22+,23-/m0/s1. The Labute approximate surface area is 218 Å². The van der Waals surface area contributed by atoms with E-state index < -0.39 is 38.9 Å². The molecule has 1 N–H and O–H groups in total. The molecule has 0 unspecified atom stereocenters. The lowest BCUT2D eigenvalue weighted by molar-refractivity contribution is -0.387. The number of para-hydroxylation sites is 2. The van der Waals surface area contributed by atoms with Crippen LogP contribution in [0.3, 0.4) is 0 Å². The van der Waals surface area contributed by atoms with Gasteiger partial charge in [0.05, 0.1) is 37.4 Å². The Hall–Kier alpha value is -3.31. The summed E-state index contributed by atoms with van der Waals surface area (Å²) in [5.74, 6) is -0.814. The zero-order valence-corrected chi connectivity index (χ0v) is 20.5. The normalized spacial score (nSPS) is 24.6. The molecule has 1 heterocycles. The van der Waals surface area contributed by atoms with Crippen LogP contribution in [0.5, 0.6) is 0 Å². The summed E-state index contributed by atoms with van der Waals surface area (Å²) in [6.07, 6.45) is -4.19. The molecule has 0 aromatic heterocycles. The largest absolute Gasteiger partial charge is 0.418 e. The van der Waals surface area contributed by atoms with Crippen molar-refractivity contribution in [3.63, 3.8) is 0 Å². The van der Waals surface area contributed by atoms with Gasteiger partial charge in [0.1, 0.15) is 0 Å². The summed E-state index contributed by atoms with van der Waals surface area (Å²) >= 11 is 8.19. The molecule has 192 valence electrons. The number of hydrogen-bond acceptors (Lipinski definition) is 6. The lowest BCUT2D eigenvalue weighted by Gasteiger charge is -2.39. The first-order valence-corrected chi connectivity index (χ1v) is 12.6. The van der Waals surface area contributed by atoms with Crippen molar-refractivity contribution in [3.05, 3.63) is 104 Å². The molecule has 0 bridgehead atoms. The van der Waals surface area contributed by atoms with Crippen LogP contribution in [0.2, 0.25) is 0 Å². The van der Waals surface area contributed by atoms with Crippen LogP contribution >= 0.6 is 23.4 Å². The first-order valence-electron chi connectivity index (χ1n) is 11.3. The van der Waals surface area contributed by atoms with Crippen molar-refractivity contribution >= 4 is 40.4 Å². The van der Waals surface area contributed by atoms with Gasteiger partial charge in [-0.25, -0.2) is 0 Å². The van der Waals surface area contributed by atoms with Crippen molar-refractivity contribution in [2.24, 2.45) is 5.92 Å². The van der Waals surface area contributed by atoms with Crippen molar-refractivity contribution < 1.29 is 23.0 Å². The summed E-state index contributed by atoms with van der Waals surface area (Å²) in [7, 11) is 0. The maximum Gasteiger partial charge on any atom is 0.418 e. The van der Waals surface area contributed by atoms with Gasteiger partial charge in [-0.2, -0.15) is 13.2 Å². The second kappa shape index (κ2) is 9.53. The smallest absolute Gasteiger partial charge is 0.377 e. The second-order valence-corrected chi connectivity index (χ2v) is 10.8. The van der Waals surface area contributed by atoms with E-state index in [1.165, 1.54) is 42.1 Å². The zero-order valence-electron chi connectivity index (χ0n) is 18.9. The number of nitro benzene ring substituents is 2. The lowest BCUT2D eigenvalue weighted by Crippen LogP contribution is -2.32. The average molecular weight is 550 g/mol. The highest BCUT2D eigenvalue weighted by Crippen LogP contribution is 2.59. The van der Waals surface area contributed by atoms with Gasteiger partial charge in [-0.15, -0.1) is 23.4 Å². The van der Waals surface area contributed by atoms with Crippen molar-refractivity contribution in [2.75, 3.05) is 5.32 Å². The molecule has 5 rings (SSSR count). The van der Waals surface area contributed by atoms with Crippen molar-refractivity contribution in [3.8, 4) is 0 Å². The van der Waals surface area contributed by atoms with Crippen LogP contribution in [0, 0.1) is 26.1 Å². The highest BCUT2D eigenvalue weighted by atomic mass is 35.5. The number of anilines is 1. The number of nitro groups is 2. The van der Waals surface area contributed by atoms with Gasteiger partial charge in [-0.05, 0) is 35.6 Å². The van der Waals surface area contributed by atoms with E-state index in [4.69, 9.17) is 11.6 Å². The molecule has 12 heteroatoms. The summed E-state index contributed by atoms with van der Waals surface area (Å²) in [5, 5.41) is 25.0. The Balaban J connectivity index is 1.60. The molecule has 1 fully saturated rings. The number of halogens is 4. The number of fused-ring (bicyclic) bond motifs is 3. The number of hydrogen-bond donors (Lipinski definition) is 1. The molecule has 1 aliphatic heterocycles. The minimum absolute atomic E-state index is 0.0700. The van der Waals surface area contributed by atoms with Gasteiger partial charge < -0.3 is 5.32 Å². The van der Waals surface area contributed by atoms with E-state index in [1.807, 2.05) is 0 Å². The molecule has 0 saturated heterocycles. The number of benzene rings is 3. The number of rotatable bonds is 5. The quantitative estimate of drug-likeness (QED) is 0.200. The SMILES string of the molecule is O=[N+]([O-])c1cccc([C@@H]2Nc3c(cccc3C(F)(F)F)[C@@H]3[C@H](Cl)[C@H](Sc4ccccc4[N+](=O)[O-])C[C@@H]32)c1. The fourth-order valence-corrected chi connectivity index (χ4v) is 7.36. The summed E-state index contributed by atoms with van der Waals surface area (Å²) in [5.41, 5.74) is -0.261. The van der Waals surface area contributed by atoms with E-state index in [9.17, 15) is 33.4 Å². The first-order chi connectivity index (χ1) is 17.6. The number of thioether (sulfide) groups is 1. The molecular weight excluding hydrogens is 531 g/mol. The van der Waals surface area contributed by atoms with E-state index in [1.54, 1.807) is 30.3 Å². The molecule has 3 aromatic carbocycles. The molecular formula is C25H19ClF3N3O4S. The van der Waals surface area contributed by atoms with Gasteiger partial charge in [0, 0.05) is 29.4 Å². The van der Waals surface area contributed by atoms with E-state index >= 15 is 0 Å². The van der Waals surface area contributed by atoms with Crippen LogP contribution in [0.25, 0.3) is 0 Å². The monoisotopic (exact) mass is 549 g/mol. The summed E-state index contributed by atoms with van der Waals surface area (Å²) in [6.45, 7) is 0. The molecule has 7 nitrogen and oxygen atoms in total. The fraction of sp³-hybridized carbons (Fsp3) is 0.280. The van der Waals surface area contributed by atoms with E-state index in [2.05, 4.69) is 5.32 Å². The Morgan fingerprint density at radius 3 is 2.41 bits per heavy atom. The minimum Gasteiger partial charge on any atom is -0.377 e. The van der Waals surface area contributed by atoms with Gasteiger partial charge in [0.25, 0.3) is 11.4 Å². The topological polar surface area (TPSA) is 98.3 Å². The van der Waals surface area contributed by atoms with E-state index in [0.29, 0.717) is 22.4 Å². The number of alkyl halides is 4. The molecule has 5 atom stereocenters. The van der Waals surface area contributed by atoms with Crippen molar-refractivity contribution in [2.45, 2.75) is 40.1 Å². The maximum atomic E-state index is 14.0. The zero-order chi connectivity index (χ0) is 26.5. The number of nitrogens with zero attached hydrogens (tertiary/aromatic N) is 2. The molecule has 0 radical (unpaired) electrons. The van der Waals surface area contributed by atoms with Crippen molar-refractivity contribution in [1.82, 2.24) is 0 Å². The highest BCUT2D eigenvalue weighted by Gasteiger charge is 2.52. The third-order valence-electron chi connectivity index (χ3n) is 6.93. The molecule has 1 aliphatic carbocycles. The van der Waals surface area contributed by atoms with Crippen LogP contribution in [0.4, 0.5) is 30.2 Å². The molecule has 1 saturated carbocycles. The van der Waals surface area contributed by atoms with Crippen LogP contribution in [0.1, 0.15) is 35.1 Å². The van der Waals surface area contributed by atoms with Crippen LogP contribution in [-0.2, 0) is 6.18 Å². The predicted octanol–water partition coefficient (Wildman–Crippen LogP) is 7.56. The van der Waals surface area contributed by atoms with E-state index in [0.717, 1.165) is 6.07 Å². The first kappa shape index (κ1) is 25.3. The second-order valence-electron chi connectivity index (χ2n) is 8.99. The van der Waals surface area contributed by atoms with Gasteiger partial charge >= 0.3 is 6.18 Å². The molecule has 37 heavy (non-hydrogen) atoms. The fourth-order valence-electron chi connectivity index (χ4n) is 5.41. The van der Waals surface area contributed by atoms with Crippen molar-refractivity contribution in [1.29, 1.82) is 0 Å². The number of nitrogens with one attached hydrogen (secondary N) is 1. The summed E-state index contributed by atoms with van der Waals surface area (Å²) in [6, 6.07) is 15.4. The summed E-state index contributed by atoms with van der Waals surface area (Å²) < 4.78 is 41.9. The Morgan fingerprint density at radius 1 is 0.973 bits per heavy atom. The highest BCUT2D eigenvalue weighted by molar-refractivity contribution is 8.00. The molecule has 3 aromatic rings. The Kier molecular flexibility index (Phi) is 6.53. The van der Waals surface area contributed by atoms with Gasteiger partial charge in [0.2, 0.25) is 0 Å².